The maximum Gasteiger partial charge on any atom is 0.219 e. The zero-order valence-corrected chi connectivity index (χ0v) is 11.4. The lowest BCUT2D eigenvalue weighted by molar-refractivity contribution is 0.463. The van der Waals surface area contributed by atoms with Crippen molar-refractivity contribution in [2.45, 2.75) is 0 Å². The zero-order valence-electron chi connectivity index (χ0n) is 10.6. The summed E-state index contributed by atoms with van der Waals surface area (Å²) in [5.74, 6) is 1.26. The summed E-state index contributed by atoms with van der Waals surface area (Å²) >= 11 is 4.88. The lowest BCUT2D eigenvalue weighted by Crippen LogP contribution is -2.09. The van der Waals surface area contributed by atoms with Crippen molar-refractivity contribution in [2.24, 2.45) is 5.73 Å². The van der Waals surface area contributed by atoms with Crippen LogP contribution in [0.3, 0.4) is 0 Å². The molecule has 3 aromatic rings. The van der Waals surface area contributed by atoms with Crippen LogP contribution < -0.4 is 10.5 Å². The van der Waals surface area contributed by atoms with E-state index in [0.29, 0.717) is 10.9 Å². The van der Waals surface area contributed by atoms with Gasteiger partial charge in [0, 0.05) is 17.8 Å². The molecule has 0 saturated heterocycles. The number of aromatic nitrogens is 1. The summed E-state index contributed by atoms with van der Waals surface area (Å²) in [7, 11) is 0. The maximum atomic E-state index is 5.73. The van der Waals surface area contributed by atoms with Gasteiger partial charge in [0.25, 0.3) is 0 Å². The van der Waals surface area contributed by atoms with Gasteiger partial charge in [0.05, 0.1) is 0 Å². The van der Waals surface area contributed by atoms with Crippen LogP contribution in [0.4, 0.5) is 0 Å². The number of rotatable bonds is 3. The Bertz CT molecular complexity index is 769. The molecule has 1 aromatic heterocycles. The van der Waals surface area contributed by atoms with Crippen LogP contribution in [0, 0.1) is 0 Å². The molecule has 0 aliphatic rings. The van der Waals surface area contributed by atoms with Crippen molar-refractivity contribution in [2.75, 3.05) is 0 Å². The molecule has 0 amide bonds. The number of nitrogens with two attached hydrogens (primary N) is 1. The SMILES string of the molecule is NC(=S)c1ccc(Oc2ccc3ccccc3c2)nc1. The largest absolute Gasteiger partial charge is 0.439 e. The quantitative estimate of drug-likeness (QED) is 0.744. The van der Waals surface area contributed by atoms with Gasteiger partial charge in [0.2, 0.25) is 5.88 Å². The first kappa shape index (κ1) is 12.6. The summed E-state index contributed by atoms with van der Waals surface area (Å²) in [6, 6.07) is 17.6. The van der Waals surface area contributed by atoms with Crippen molar-refractivity contribution >= 4 is 28.0 Å². The van der Waals surface area contributed by atoms with Crippen molar-refractivity contribution in [3.8, 4) is 11.6 Å². The third-order valence-corrected chi connectivity index (χ3v) is 3.20. The van der Waals surface area contributed by atoms with E-state index in [-0.39, 0.29) is 0 Å². The van der Waals surface area contributed by atoms with Crippen LogP contribution in [0.1, 0.15) is 5.56 Å². The molecule has 0 saturated carbocycles. The molecule has 0 aliphatic carbocycles. The number of hydrogen-bond donors (Lipinski definition) is 1. The molecular formula is C16H12N2OS. The topological polar surface area (TPSA) is 48.1 Å². The van der Waals surface area contributed by atoms with E-state index in [1.54, 1.807) is 18.3 Å². The molecule has 0 spiro atoms. The number of benzene rings is 2. The molecule has 0 unspecified atom stereocenters. The molecule has 98 valence electrons. The lowest BCUT2D eigenvalue weighted by Gasteiger charge is -2.06. The van der Waals surface area contributed by atoms with E-state index in [4.69, 9.17) is 22.7 Å². The Hall–Kier alpha value is -2.46. The highest BCUT2D eigenvalue weighted by Gasteiger charge is 2.02. The highest BCUT2D eigenvalue weighted by molar-refractivity contribution is 7.80. The van der Waals surface area contributed by atoms with Gasteiger partial charge in [-0.05, 0) is 29.0 Å². The molecule has 0 radical (unpaired) electrons. The normalized spacial score (nSPS) is 10.4. The minimum absolute atomic E-state index is 0.328. The third-order valence-electron chi connectivity index (χ3n) is 2.96. The molecular weight excluding hydrogens is 268 g/mol. The molecule has 20 heavy (non-hydrogen) atoms. The van der Waals surface area contributed by atoms with E-state index in [1.165, 1.54) is 5.39 Å². The summed E-state index contributed by atoms with van der Waals surface area (Å²) in [6.45, 7) is 0. The Morgan fingerprint density at radius 2 is 1.80 bits per heavy atom. The van der Waals surface area contributed by atoms with Gasteiger partial charge in [-0.25, -0.2) is 4.98 Å². The van der Waals surface area contributed by atoms with Crippen LogP contribution >= 0.6 is 12.2 Å². The second-order valence-corrected chi connectivity index (χ2v) is 4.80. The molecule has 3 rings (SSSR count). The van der Waals surface area contributed by atoms with Crippen molar-refractivity contribution < 1.29 is 4.74 Å². The molecule has 0 fully saturated rings. The first-order valence-electron chi connectivity index (χ1n) is 6.15. The second kappa shape index (κ2) is 5.27. The number of pyridine rings is 1. The van der Waals surface area contributed by atoms with E-state index in [1.807, 2.05) is 36.4 Å². The van der Waals surface area contributed by atoms with Crippen LogP contribution in [0.15, 0.2) is 60.8 Å². The zero-order chi connectivity index (χ0) is 13.9. The van der Waals surface area contributed by atoms with Crippen LogP contribution in [0.25, 0.3) is 10.8 Å². The molecule has 0 aliphatic heterocycles. The minimum Gasteiger partial charge on any atom is -0.439 e. The fourth-order valence-electron chi connectivity index (χ4n) is 1.94. The molecule has 2 N–H and O–H groups in total. The molecule has 2 aromatic carbocycles. The predicted octanol–water partition coefficient (Wildman–Crippen LogP) is 3.66. The molecule has 0 atom stereocenters. The number of nitrogens with zero attached hydrogens (tertiary/aromatic N) is 1. The first-order valence-corrected chi connectivity index (χ1v) is 6.56. The Balaban J connectivity index is 1.87. The van der Waals surface area contributed by atoms with Gasteiger partial charge in [-0.1, -0.05) is 42.5 Å². The predicted molar refractivity (Wildman–Crippen MR) is 84.1 cm³/mol. The van der Waals surface area contributed by atoms with Gasteiger partial charge in [-0.3, -0.25) is 0 Å². The highest BCUT2D eigenvalue weighted by Crippen LogP contribution is 2.24. The van der Waals surface area contributed by atoms with Gasteiger partial charge in [0.15, 0.2) is 0 Å². The summed E-state index contributed by atoms with van der Waals surface area (Å²) in [4.78, 5) is 4.51. The van der Waals surface area contributed by atoms with Crippen molar-refractivity contribution in [3.63, 3.8) is 0 Å². The van der Waals surface area contributed by atoms with E-state index < -0.39 is 0 Å². The van der Waals surface area contributed by atoms with Crippen molar-refractivity contribution in [1.29, 1.82) is 0 Å². The average Bonchev–Trinajstić information content (AvgIpc) is 2.48. The summed E-state index contributed by atoms with van der Waals surface area (Å²) in [5.41, 5.74) is 6.26. The van der Waals surface area contributed by atoms with Gasteiger partial charge in [-0.2, -0.15) is 0 Å². The fraction of sp³-hybridized carbons (Fsp3) is 0. The Morgan fingerprint density at radius 1 is 1.00 bits per heavy atom. The summed E-state index contributed by atoms with van der Waals surface area (Å²) in [5, 5.41) is 2.31. The van der Waals surface area contributed by atoms with Gasteiger partial charge in [-0.15, -0.1) is 0 Å². The van der Waals surface area contributed by atoms with Crippen LogP contribution in [0.2, 0.25) is 0 Å². The minimum atomic E-state index is 0.328. The number of fused-ring (bicyclic) bond motifs is 1. The molecule has 4 heteroatoms. The van der Waals surface area contributed by atoms with Crippen molar-refractivity contribution in [3.05, 3.63) is 66.4 Å². The van der Waals surface area contributed by atoms with E-state index in [0.717, 1.165) is 16.7 Å². The van der Waals surface area contributed by atoms with Crippen LogP contribution in [-0.4, -0.2) is 9.97 Å². The van der Waals surface area contributed by atoms with Gasteiger partial charge >= 0.3 is 0 Å². The highest BCUT2D eigenvalue weighted by atomic mass is 32.1. The maximum absolute atomic E-state index is 5.73. The monoisotopic (exact) mass is 280 g/mol. The first-order chi connectivity index (χ1) is 9.72. The van der Waals surface area contributed by atoms with E-state index >= 15 is 0 Å². The van der Waals surface area contributed by atoms with Crippen LogP contribution in [0.5, 0.6) is 11.6 Å². The van der Waals surface area contributed by atoms with E-state index in [9.17, 15) is 0 Å². The standard InChI is InChI=1S/C16H12N2OS/c17-16(20)13-6-8-15(18-10-13)19-14-7-5-11-3-1-2-4-12(11)9-14/h1-10H,(H2,17,20). The summed E-state index contributed by atoms with van der Waals surface area (Å²) < 4.78 is 5.73. The lowest BCUT2D eigenvalue weighted by atomic mass is 10.1. The molecule has 3 nitrogen and oxygen atoms in total. The Kier molecular flexibility index (Phi) is 3.31. The fourth-order valence-corrected chi connectivity index (χ4v) is 2.06. The van der Waals surface area contributed by atoms with Crippen LogP contribution in [-0.2, 0) is 0 Å². The van der Waals surface area contributed by atoms with E-state index in [2.05, 4.69) is 11.1 Å². The number of thiocarbonyl (C=S) groups is 1. The average molecular weight is 280 g/mol. The molecule has 1 heterocycles. The molecule has 0 bridgehead atoms. The number of hydrogen-bond acceptors (Lipinski definition) is 3. The second-order valence-electron chi connectivity index (χ2n) is 4.36. The third kappa shape index (κ3) is 2.60. The number of ether oxygens (including phenoxy) is 1. The smallest absolute Gasteiger partial charge is 0.219 e. The van der Waals surface area contributed by atoms with Gasteiger partial charge in [0.1, 0.15) is 10.7 Å². The summed E-state index contributed by atoms with van der Waals surface area (Å²) in [6.07, 6.45) is 1.61. The Morgan fingerprint density at radius 3 is 2.50 bits per heavy atom. The van der Waals surface area contributed by atoms with Gasteiger partial charge < -0.3 is 10.5 Å². The Labute approximate surface area is 122 Å². The van der Waals surface area contributed by atoms with Crippen molar-refractivity contribution in [1.82, 2.24) is 4.98 Å².